The van der Waals surface area contributed by atoms with E-state index in [0.29, 0.717) is 0 Å². The van der Waals surface area contributed by atoms with Crippen molar-refractivity contribution in [1.82, 2.24) is 5.32 Å². The molecule has 1 aromatic rings. The van der Waals surface area contributed by atoms with Crippen LogP contribution >= 0.6 is 0 Å². The predicted octanol–water partition coefficient (Wildman–Crippen LogP) is 8.01. The van der Waals surface area contributed by atoms with Gasteiger partial charge in [0, 0.05) is 12.2 Å². The van der Waals surface area contributed by atoms with Crippen molar-refractivity contribution in [2.24, 2.45) is 5.92 Å². The normalized spacial score (nSPS) is 11.9. The third-order valence-corrected chi connectivity index (χ3v) is 5.06. The van der Waals surface area contributed by atoms with E-state index < -0.39 is 0 Å². The van der Waals surface area contributed by atoms with Crippen LogP contribution < -0.4 is 5.32 Å². The lowest BCUT2D eigenvalue weighted by molar-refractivity contribution is 0.574. The molecule has 0 saturated carbocycles. The molecular formula is C26H43N. The van der Waals surface area contributed by atoms with Gasteiger partial charge in [0.15, 0.2) is 0 Å². The first-order valence-corrected chi connectivity index (χ1v) is 11.2. The monoisotopic (exact) mass is 369 g/mol. The molecule has 0 aliphatic carbocycles. The zero-order chi connectivity index (χ0) is 20.1. The molecular weight excluding hydrogens is 326 g/mol. The second kappa shape index (κ2) is 13.6. The van der Waals surface area contributed by atoms with Crippen molar-refractivity contribution in [3.05, 3.63) is 47.5 Å². The largest absolute Gasteiger partial charge is 0.385 e. The molecule has 0 aliphatic rings. The molecule has 27 heavy (non-hydrogen) atoms. The number of unbranched alkanes of at least 4 members (excludes halogenated alkanes) is 5. The Morgan fingerprint density at radius 2 is 1.67 bits per heavy atom. The van der Waals surface area contributed by atoms with Gasteiger partial charge in [-0.2, -0.15) is 0 Å². The molecule has 0 atom stereocenters. The molecule has 1 nitrogen and oxygen atoms in total. The Morgan fingerprint density at radius 3 is 2.30 bits per heavy atom. The minimum absolute atomic E-state index is 0.727. The highest BCUT2D eigenvalue weighted by Crippen LogP contribution is 2.23. The van der Waals surface area contributed by atoms with Crippen LogP contribution in [0.4, 0.5) is 0 Å². The van der Waals surface area contributed by atoms with Crippen LogP contribution in [-0.2, 0) is 6.42 Å². The molecule has 0 aromatic heterocycles. The Bertz CT molecular complexity index is 580. The number of hydrogen-bond donors (Lipinski definition) is 1. The van der Waals surface area contributed by atoms with Crippen molar-refractivity contribution in [2.45, 2.75) is 92.4 Å². The van der Waals surface area contributed by atoms with Crippen LogP contribution in [0, 0.1) is 5.92 Å². The summed E-state index contributed by atoms with van der Waals surface area (Å²) in [4.78, 5) is 0. The maximum absolute atomic E-state index is 4.19. The first-order chi connectivity index (χ1) is 13.0. The third kappa shape index (κ3) is 9.84. The van der Waals surface area contributed by atoms with Crippen molar-refractivity contribution >= 4 is 11.3 Å². The minimum atomic E-state index is 0.727. The van der Waals surface area contributed by atoms with Crippen LogP contribution in [0.1, 0.15) is 103 Å². The number of rotatable bonds is 14. The van der Waals surface area contributed by atoms with E-state index in [1.165, 1.54) is 73.8 Å². The lowest BCUT2D eigenvalue weighted by atomic mass is 9.96. The lowest BCUT2D eigenvalue weighted by Crippen LogP contribution is -2.16. The molecule has 1 N–H and O–H groups in total. The fourth-order valence-corrected chi connectivity index (χ4v) is 3.34. The number of allylic oxidation sites excluding steroid dienone is 2. The third-order valence-electron chi connectivity index (χ3n) is 5.06. The summed E-state index contributed by atoms with van der Waals surface area (Å²) in [7, 11) is 0. The fraction of sp³-hybridized carbons (Fsp3) is 0.615. The van der Waals surface area contributed by atoms with Gasteiger partial charge in [0.2, 0.25) is 0 Å². The summed E-state index contributed by atoms with van der Waals surface area (Å²) < 4.78 is 0. The summed E-state index contributed by atoms with van der Waals surface area (Å²) in [6.07, 6.45) is 13.8. The van der Waals surface area contributed by atoms with Crippen LogP contribution in [0.5, 0.6) is 0 Å². The van der Waals surface area contributed by atoms with Gasteiger partial charge in [0.05, 0.1) is 0 Å². The molecule has 1 rings (SSSR count). The maximum Gasteiger partial charge on any atom is 0.0373 e. The van der Waals surface area contributed by atoms with Crippen LogP contribution in [-0.4, -0.2) is 6.54 Å². The SMILES string of the molecule is C=C(C)c1cc(CCCCCCCC)cc(/C(=C/CC)NCCC(C)C)c1. The summed E-state index contributed by atoms with van der Waals surface area (Å²) >= 11 is 0. The van der Waals surface area contributed by atoms with Gasteiger partial charge in [0.25, 0.3) is 0 Å². The van der Waals surface area contributed by atoms with Crippen LogP contribution in [0.15, 0.2) is 30.9 Å². The van der Waals surface area contributed by atoms with Gasteiger partial charge < -0.3 is 5.32 Å². The highest BCUT2D eigenvalue weighted by Gasteiger charge is 2.07. The van der Waals surface area contributed by atoms with E-state index >= 15 is 0 Å². The van der Waals surface area contributed by atoms with E-state index in [1.807, 2.05) is 0 Å². The molecule has 0 heterocycles. The molecule has 0 bridgehead atoms. The van der Waals surface area contributed by atoms with Crippen molar-refractivity contribution < 1.29 is 0 Å². The minimum Gasteiger partial charge on any atom is -0.385 e. The number of benzene rings is 1. The van der Waals surface area contributed by atoms with Crippen molar-refractivity contribution in [3.63, 3.8) is 0 Å². The highest BCUT2D eigenvalue weighted by atomic mass is 14.9. The molecule has 0 unspecified atom stereocenters. The van der Waals surface area contributed by atoms with Gasteiger partial charge in [0.1, 0.15) is 0 Å². The van der Waals surface area contributed by atoms with E-state index in [9.17, 15) is 0 Å². The van der Waals surface area contributed by atoms with Crippen LogP contribution in [0.3, 0.4) is 0 Å². The number of hydrogen-bond acceptors (Lipinski definition) is 1. The molecule has 0 radical (unpaired) electrons. The van der Waals surface area contributed by atoms with E-state index in [4.69, 9.17) is 0 Å². The average molecular weight is 370 g/mol. The summed E-state index contributed by atoms with van der Waals surface area (Å²) in [6, 6.07) is 7.04. The first-order valence-electron chi connectivity index (χ1n) is 11.2. The Morgan fingerprint density at radius 1 is 1.00 bits per heavy atom. The van der Waals surface area contributed by atoms with Gasteiger partial charge in [-0.3, -0.25) is 0 Å². The molecule has 1 aromatic carbocycles. The topological polar surface area (TPSA) is 12.0 Å². The average Bonchev–Trinajstić information content (AvgIpc) is 2.63. The van der Waals surface area contributed by atoms with Crippen LogP contribution in [0.2, 0.25) is 0 Å². The maximum atomic E-state index is 4.19. The van der Waals surface area contributed by atoms with Gasteiger partial charge >= 0.3 is 0 Å². The molecule has 0 saturated heterocycles. The molecule has 0 amide bonds. The van der Waals surface area contributed by atoms with Crippen LogP contribution in [0.25, 0.3) is 11.3 Å². The Hall–Kier alpha value is -1.50. The Balaban J connectivity index is 2.85. The van der Waals surface area contributed by atoms with E-state index in [0.717, 1.165) is 24.5 Å². The first kappa shape index (κ1) is 23.5. The van der Waals surface area contributed by atoms with Gasteiger partial charge in [-0.1, -0.05) is 84.1 Å². The Kier molecular flexibility index (Phi) is 11.9. The fourth-order valence-electron chi connectivity index (χ4n) is 3.34. The smallest absolute Gasteiger partial charge is 0.0373 e. The predicted molar refractivity (Wildman–Crippen MR) is 124 cm³/mol. The zero-order valence-electron chi connectivity index (χ0n) is 18.7. The lowest BCUT2D eigenvalue weighted by Gasteiger charge is -2.16. The van der Waals surface area contributed by atoms with Crippen molar-refractivity contribution in [3.8, 4) is 0 Å². The summed E-state index contributed by atoms with van der Waals surface area (Å²) in [6.45, 7) is 16.4. The summed E-state index contributed by atoms with van der Waals surface area (Å²) in [5.74, 6) is 0.727. The van der Waals surface area contributed by atoms with Crippen molar-refractivity contribution in [1.29, 1.82) is 0 Å². The second-order valence-electron chi connectivity index (χ2n) is 8.35. The standard InChI is InChI=1S/C26H43N/c1-7-9-10-11-12-13-15-23-18-24(22(5)6)20-25(19-23)26(14-8-2)27-17-16-21(3)4/h14,18-21,27H,5,7-13,15-17H2,1-4,6H3/b26-14-. The quantitative estimate of drug-likeness (QED) is 0.327. The molecule has 0 fully saturated rings. The summed E-state index contributed by atoms with van der Waals surface area (Å²) in [5.41, 5.74) is 6.49. The van der Waals surface area contributed by atoms with Gasteiger partial charge in [-0.05, 0) is 67.3 Å². The molecule has 0 spiro atoms. The molecule has 152 valence electrons. The van der Waals surface area contributed by atoms with Gasteiger partial charge in [-0.25, -0.2) is 0 Å². The van der Waals surface area contributed by atoms with Gasteiger partial charge in [-0.15, -0.1) is 0 Å². The summed E-state index contributed by atoms with van der Waals surface area (Å²) in [5, 5.41) is 3.68. The van der Waals surface area contributed by atoms with E-state index in [2.05, 4.69) is 70.8 Å². The van der Waals surface area contributed by atoms with Crippen molar-refractivity contribution in [2.75, 3.05) is 6.54 Å². The van der Waals surface area contributed by atoms with E-state index in [1.54, 1.807) is 0 Å². The molecule has 0 aliphatic heterocycles. The Labute approximate surface area is 169 Å². The number of nitrogens with one attached hydrogen (secondary N) is 1. The second-order valence-corrected chi connectivity index (χ2v) is 8.35. The highest BCUT2D eigenvalue weighted by molar-refractivity contribution is 5.71. The molecule has 1 heteroatoms. The zero-order valence-corrected chi connectivity index (χ0v) is 18.7. The number of aryl methyl sites for hydroxylation is 1. The van der Waals surface area contributed by atoms with E-state index in [-0.39, 0.29) is 0 Å².